The Kier molecular flexibility index (Phi) is 5.10. The third-order valence-electron chi connectivity index (χ3n) is 3.91. The van der Waals surface area contributed by atoms with E-state index in [1.807, 2.05) is 6.92 Å². The third kappa shape index (κ3) is 3.10. The normalized spacial score (nSPS) is 19.8. The molecular weight excluding hydrogens is 300 g/mol. The summed E-state index contributed by atoms with van der Waals surface area (Å²) in [5.74, 6) is -0.176. The fourth-order valence-electron chi connectivity index (χ4n) is 2.84. The van der Waals surface area contributed by atoms with E-state index in [0.29, 0.717) is 17.9 Å². The Labute approximate surface area is 135 Å². The van der Waals surface area contributed by atoms with E-state index in [0.717, 1.165) is 5.56 Å². The molecule has 1 aromatic carbocycles. The van der Waals surface area contributed by atoms with Gasteiger partial charge in [-0.15, -0.1) is 0 Å². The zero-order chi connectivity index (χ0) is 17.1. The van der Waals surface area contributed by atoms with E-state index in [1.165, 1.54) is 19.1 Å². The summed E-state index contributed by atoms with van der Waals surface area (Å²) in [5.41, 5.74) is 7.73. The molecule has 2 rings (SSSR count). The Morgan fingerprint density at radius 3 is 2.61 bits per heavy atom. The average Bonchev–Trinajstić information content (AvgIpc) is 2.53. The molecule has 23 heavy (non-hydrogen) atoms. The first-order valence-electron chi connectivity index (χ1n) is 7.46. The molecule has 1 heterocycles. The highest BCUT2D eigenvalue weighted by Gasteiger charge is 2.35. The number of nitrogens with zero attached hydrogens (tertiary/aromatic N) is 1. The van der Waals surface area contributed by atoms with Crippen LogP contribution in [-0.2, 0) is 9.47 Å². The number of fused-ring (bicyclic) bond motifs is 1. The van der Waals surface area contributed by atoms with E-state index in [9.17, 15) is 9.59 Å². The number of amides is 1. The quantitative estimate of drug-likeness (QED) is 0.858. The minimum atomic E-state index is -0.541. The topological polar surface area (TPSA) is 91.1 Å². The van der Waals surface area contributed by atoms with E-state index in [4.69, 9.17) is 19.9 Å². The van der Waals surface area contributed by atoms with Gasteiger partial charge in [0.1, 0.15) is 11.3 Å². The maximum Gasteiger partial charge on any atom is 0.414 e. The van der Waals surface area contributed by atoms with Crippen LogP contribution in [0.2, 0.25) is 0 Å². The lowest BCUT2D eigenvalue weighted by atomic mass is 9.91. The number of methoxy groups -OCH3 is 2. The van der Waals surface area contributed by atoms with Gasteiger partial charge in [0, 0.05) is 12.1 Å². The molecule has 0 radical (unpaired) electrons. The van der Waals surface area contributed by atoms with Gasteiger partial charge in [0.05, 0.1) is 26.5 Å². The van der Waals surface area contributed by atoms with Gasteiger partial charge in [0.25, 0.3) is 0 Å². The van der Waals surface area contributed by atoms with Crippen molar-refractivity contribution in [3.8, 4) is 5.75 Å². The number of esters is 1. The van der Waals surface area contributed by atoms with Gasteiger partial charge in [-0.2, -0.15) is 0 Å². The summed E-state index contributed by atoms with van der Waals surface area (Å²) in [5, 5.41) is 0. The summed E-state index contributed by atoms with van der Waals surface area (Å²) in [6, 6.07) is 2.86. The fourth-order valence-corrected chi connectivity index (χ4v) is 2.84. The summed E-state index contributed by atoms with van der Waals surface area (Å²) < 4.78 is 15.2. The van der Waals surface area contributed by atoms with Gasteiger partial charge in [-0.25, -0.2) is 9.59 Å². The van der Waals surface area contributed by atoms with Gasteiger partial charge < -0.3 is 19.9 Å². The summed E-state index contributed by atoms with van der Waals surface area (Å²) in [4.78, 5) is 25.8. The second kappa shape index (κ2) is 6.87. The molecule has 1 aliphatic rings. The van der Waals surface area contributed by atoms with E-state index >= 15 is 0 Å². The summed E-state index contributed by atoms with van der Waals surface area (Å²) >= 11 is 0. The van der Waals surface area contributed by atoms with Crippen LogP contribution < -0.4 is 15.4 Å². The molecule has 0 aromatic heterocycles. The van der Waals surface area contributed by atoms with Crippen molar-refractivity contribution in [1.82, 2.24) is 0 Å². The van der Waals surface area contributed by atoms with E-state index < -0.39 is 12.1 Å². The number of carbonyl (C=O) groups excluding carboxylic acids is 2. The third-order valence-corrected chi connectivity index (χ3v) is 3.91. The molecule has 0 unspecified atom stereocenters. The lowest BCUT2D eigenvalue weighted by Gasteiger charge is -2.37. The van der Waals surface area contributed by atoms with Crippen molar-refractivity contribution >= 4 is 17.7 Å². The number of nitrogens with two attached hydrogens (primary N) is 1. The highest BCUT2D eigenvalue weighted by Crippen LogP contribution is 2.40. The molecule has 7 nitrogen and oxygen atoms in total. The Bertz CT molecular complexity index is 617. The fraction of sp³-hybridized carbons (Fsp3) is 0.500. The lowest BCUT2D eigenvalue weighted by Crippen LogP contribution is -2.45. The van der Waals surface area contributed by atoms with Crippen LogP contribution in [0.15, 0.2) is 12.1 Å². The minimum absolute atomic E-state index is 0.143. The Morgan fingerprint density at radius 1 is 1.35 bits per heavy atom. The monoisotopic (exact) mass is 322 g/mol. The van der Waals surface area contributed by atoms with Crippen LogP contribution >= 0.6 is 0 Å². The van der Waals surface area contributed by atoms with Crippen molar-refractivity contribution in [2.24, 2.45) is 5.73 Å². The highest BCUT2D eigenvalue weighted by atomic mass is 16.6. The maximum absolute atomic E-state index is 12.3. The molecule has 7 heteroatoms. The molecule has 0 fully saturated rings. The van der Waals surface area contributed by atoms with Crippen LogP contribution in [0, 0.1) is 0 Å². The van der Waals surface area contributed by atoms with Gasteiger partial charge in [-0.1, -0.05) is 0 Å². The largest absolute Gasteiger partial charge is 0.496 e. The van der Waals surface area contributed by atoms with E-state index in [1.54, 1.807) is 19.1 Å². The van der Waals surface area contributed by atoms with Gasteiger partial charge in [-0.05, 0) is 38.0 Å². The highest BCUT2D eigenvalue weighted by molar-refractivity contribution is 5.97. The van der Waals surface area contributed by atoms with Crippen LogP contribution in [0.3, 0.4) is 0 Å². The first-order valence-corrected chi connectivity index (χ1v) is 7.46. The number of ether oxygens (including phenoxy) is 3. The van der Waals surface area contributed by atoms with Crippen LogP contribution in [0.1, 0.15) is 42.2 Å². The van der Waals surface area contributed by atoms with Crippen molar-refractivity contribution in [2.45, 2.75) is 32.4 Å². The number of benzene rings is 1. The van der Waals surface area contributed by atoms with Crippen LogP contribution in [0.25, 0.3) is 0 Å². The zero-order valence-electron chi connectivity index (χ0n) is 13.8. The first-order chi connectivity index (χ1) is 10.9. The Hall–Kier alpha value is -2.28. The molecule has 0 bridgehead atoms. The summed E-state index contributed by atoms with van der Waals surface area (Å²) in [7, 11) is 2.76. The number of carbonyl (C=O) groups is 2. The number of hydrogen-bond acceptors (Lipinski definition) is 6. The smallest absolute Gasteiger partial charge is 0.414 e. The zero-order valence-corrected chi connectivity index (χ0v) is 13.8. The molecule has 1 aromatic rings. The molecule has 0 aliphatic carbocycles. The van der Waals surface area contributed by atoms with Gasteiger partial charge in [-0.3, -0.25) is 4.90 Å². The SMILES string of the molecule is CCOC(=O)N1c2cc(C(=O)OC)c(OC)cc2[C@@H](N)C[C@H]1C. The van der Waals surface area contributed by atoms with Crippen LogP contribution in [0.4, 0.5) is 10.5 Å². The number of anilines is 1. The second-order valence-electron chi connectivity index (χ2n) is 5.36. The van der Waals surface area contributed by atoms with Gasteiger partial charge in [0.2, 0.25) is 0 Å². The van der Waals surface area contributed by atoms with Crippen molar-refractivity contribution in [2.75, 3.05) is 25.7 Å². The molecule has 1 aliphatic heterocycles. The first kappa shape index (κ1) is 17.1. The second-order valence-corrected chi connectivity index (χ2v) is 5.36. The molecule has 0 spiro atoms. The predicted octanol–water partition coefficient (Wildman–Crippen LogP) is 2.24. The molecular formula is C16H22N2O5. The lowest BCUT2D eigenvalue weighted by molar-refractivity contribution is 0.0597. The van der Waals surface area contributed by atoms with Crippen molar-refractivity contribution in [3.63, 3.8) is 0 Å². The van der Waals surface area contributed by atoms with E-state index in [-0.39, 0.29) is 24.3 Å². The van der Waals surface area contributed by atoms with Crippen LogP contribution in [0.5, 0.6) is 5.75 Å². The van der Waals surface area contributed by atoms with Gasteiger partial charge >= 0.3 is 12.1 Å². The number of rotatable bonds is 3. The van der Waals surface area contributed by atoms with Crippen LogP contribution in [-0.4, -0.2) is 38.9 Å². The van der Waals surface area contributed by atoms with Crippen molar-refractivity contribution < 1.29 is 23.8 Å². The molecule has 126 valence electrons. The molecule has 2 atom stereocenters. The Morgan fingerprint density at radius 2 is 2.04 bits per heavy atom. The molecule has 1 amide bonds. The Balaban J connectivity index is 2.60. The summed E-state index contributed by atoms with van der Waals surface area (Å²) in [6.07, 6.45) is 0.126. The van der Waals surface area contributed by atoms with Crippen molar-refractivity contribution in [1.29, 1.82) is 0 Å². The summed E-state index contributed by atoms with van der Waals surface area (Å²) in [6.45, 7) is 3.90. The van der Waals surface area contributed by atoms with Crippen molar-refractivity contribution in [3.05, 3.63) is 23.3 Å². The minimum Gasteiger partial charge on any atom is -0.496 e. The maximum atomic E-state index is 12.3. The molecule has 2 N–H and O–H groups in total. The molecule has 0 saturated carbocycles. The predicted molar refractivity (Wildman–Crippen MR) is 84.8 cm³/mol. The van der Waals surface area contributed by atoms with Gasteiger partial charge in [0.15, 0.2) is 0 Å². The number of hydrogen-bond donors (Lipinski definition) is 1. The standard InChI is InChI=1S/C16H22N2O5/c1-5-23-16(20)18-9(2)6-12(17)10-8-14(21-3)11(7-13(10)18)15(19)22-4/h7-9,12H,5-6,17H2,1-4H3/t9-,12+/m1/s1. The molecule has 0 saturated heterocycles. The average molecular weight is 322 g/mol. The van der Waals surface area contributed by atoms with E-state index in [2.05, 4.69) is 0 Å².